The van der Waals surface area contributed by atoms with Crippen LogP contribution in [0.3, 0.4) is 0 Å². The molecule has 0 spiro atoms. The minimum atomic E-state index is -0.834. The van der Waals surface area contributed by atoms with Crippen LogP contribution in [0.5, 0.6) is 5.75 Å². The van der Waals surface area contributed by atoms with E-state index in [1.807, 2.05) is 35.9 Å². The van der Waals surface area contributed by atoms with Gasteiger partial charge in [-0.25, -0.2) is 0 Å². The third-order valence-corrected chi connectivity index (χ3v) is 5.06. The molecule has 3 nitrogen and oxygen atoms in total. The molecule has 0 aliphatic heterocycles. The van der Waals surface area contributed by atoms with E-state index in [9.17, 15) is 5.11 Å². The fourth-order valence-corrected chi connectivity index (χ4v) is 3.56. The van der Waals surface area contributed by atoms with Crippen molar-refractivity contribution in [1.82, 2.24) is 5.32 Å². The summed E-state index contributed by atoms with van der Waals surface area (Å²) in [6.45, 7) is 2.43. The summed E-state index contributed by atoms with van der Waals surface area (Å²) in [5.41, 5.74) is 1.42. The molecule has 0 saturated heterocycles. The van der Waals surface area contributed by atoms with Crippen LogP contribution in [0.2, 0.25) is 0 Å². The molecule has 1 aliphatic rings. The average Bonchev–Trinajstić information content (AvgIpc) is 3.19. The van der Waals surface area contributed by atoms with Gasteiger partial charge in [0.2, 0.25) is 0 Å². The van der Waals surface area contributed by atoms with Gasteiger partial charge >= 0.3 is 0 Å². The summed E-state index contributed by atoms with van der Waals surface area (Å²) >= 11 is 1.62. The Morgan fingerprint density at radius 1 is 1.32 bits per heavy atom. The van der Waals surface area contributed by atoms with Gasteiger partial charge in [0.1, 0.15) is 11.4 Å². The Balaban J connectivity index is 1.69. The molecule has 4 heteroatoms. The van der Waals surface area contributed by atoms with E-state index in [-0.39, 0.29) is 0 Å². The number of methoxy groups -OCH3 is 1. The normalized spacial score (nSPS) is 18.7. The number of hydrogen-bond donors (Lipinski definition) is 2. The molecule has 22 heavy (non-hydrogen) atoms. The van der Waals surface area contributed by atoms with Crippen LogP contribution in [0.25, 0.3) is 0 Å². The van der Waals surface area contributed by atoms with Gasteiger partial charge in [-0.3, -0.25) is 0 Å². The summed E-state index contributed by atoms with van der Waals surface area (Å²) in [4.78, 5) is 0. The SMILES string of the molecule is COc1ccc(C(NCC(C)(O)c2ccsc2)C2CC2)cc1. The zero-order chi connectivity index (χ0) is 15.6. The average molecular weight is 317 g/mol. The van der Waals surface area contributed by atoms with E-state index >= 15 is 0 Å². The summed E-state index contributed by atoms with van der Waals surface area (Å²) in [6.07, 6.45) is 2.51. The van der Waals surface area contributed by atoms with E-state index in [0.717, 1.165) is 11.3 Å². The van der Waals surface area contributed by atoms with Crippen molar-refractivity contribution in [3.05, 3.63) is 52.2 Å². The number of benzene rings is 1. The van der Waals surface area contributed by atoms with Crippen molar-refractivity contribution >= 4 is 11.3 Å². The first-order valence-corrected chi connectivity index (χ1v) is 8.67. The van der Waals surface area contributed by atoms with Crippen LogP contribution in [0.4, 0.5) is 0 Å². The van der Waals surface area contributed by atoms with Crippen LogP contribution >= 0.6 is 11.3 Å². The smallest absolute Gasteiger partial charge is 0.118 e. The molecule has 1 aromatic carbocycles. The van der Waals surface area contributed by atoms with Crippen molar-refractivity contribution in [3.63, 3.8) is 0 Å². The maximum atomic E-state index is 10.7. The Morgan fingerprint density at radius 2 is 2.05 bits per heavy atom. The van der Waals surface area contributed by atoms with Crippen LogP contribution in [-0.4, -0.2) is 18.8 Å². The minimum absolute atomic E-state index is 0.302. The van der Waals surface area contributed by atoms with Crippen LogP contribution < -0.4 is 10.1 Å². The highest BCUT2D eigenvalue weighted by Crippen LogP contribution is 2.41. The van der Waals surface area contributed by atoms with E-state index in [2.05, 4.69) is 17.4 Å². The first-order valence-electron chi connectivity index (χ1n) is 7.72. The maximum Gasteiger partial charge on any atom is 0.118 e. The van der Waals surface area contributed by atoms with Gasteiger partial charge in [-0.1, -0.05) is 12.1 Å². The molecule has 0 amide bonds. The van der Waals surface area contributed by atoms with Crippen molar-refractivity contribution in [3.8, 4) is 5.75 Å². The molecule has 2 atom stereocenters. The van der Waals surface area contributed by atoms with Crippen LogP contribution in [-0.2, 0) is 5.60 Å². The standard InChI is InChI=1S/C18H23NO2S/c1-18(20,15-9-10-22-11-15)12-19-17(13-3-4-13)14-5-7-16(21-2)8-6-14/h5-11,13,17,19-20H,3-4,12H2,1-2H3. The Bertz CT molecular complexity index is 588. The van der Waals surface area contributed by atoms with Gasteiger partial charge in [-0.15, -0.1) is 0 Å². The Hall–Kier alpha value is -1.36. The Morgan fingerprint density at radius 3 is 2.59 bits per heavy atom. The number of ether oxygens (including phenoxy) is 1. The van der Waals surface area contributed by atoms with Gasteiger partial charge in [0.15, 0.2) is 0 Å². The third-order valence-electron chi connectivity index (χ3n) is 4.38. The van der Waals surface area contributed by atoms with Gasteiger partial charge in [0.25, 0.3) is 0 Å². The topological polar surface area (TPSA) is 41.5 Å². The Kier molecular flexibility index (Phi) is 4.52. The summed E-state index contributed by atoms with van der Waals surface area (Å²) in [5.74, 6) is 1.55. The second kappa shape index (κ2) is 6.41. The van der Waals surface area contributed by atoms with Crippen molar-refractivity contribution in [2.24, 2.45) is 5.92 Å². The van der Waals surface area contributed by atoms with Gasteiger partial charge in [0.05, 0.1) is 7.11 Å². The van der Waals surface area contributed by atoms with Crippen molar-refractivity contribution in [2.45, 2.75) is 31.4 Å². The largest absolute Gasteiger partial charge is 0.497 e. The number of nitrogens with one attached hydrogen (secondary N) is 1. The molecule has 2 N–H and O–H groups in total. The maximum absolute atomic E-state index is 10.7. The first-order chi connectivity index (χ1) is 10.6. The predicted octanol–water partition coefficient (Wildman–Crippen LogP) is 3.71. The first kappa shape index (κ1) is 15.5. The Labute approximate surface area is 136 Å². The molecule has 2 aromatic rings. The molecule has 0 radical (unpaired) electrons. The summed E-state index contributed by atoms with van der Waals surface area (Å²) < 4.78 is 5.23. The summed E-state index contributed by atoms with van der Waals surface area (Å²) in [7, 11) is 1.68. The van der Waals surface area contributed by atoms with Crippen molar-refractivity contribution in [2.75, 3.05) is 13.7 Å². The summed E-state index contributed by atoms with van der Waals surface area (Å²) in [6, 6.07) is 10.5. The van der Waals surface area contributed by atoms with Gasteiger partial charge in [-0.05, 0) is 65.8 Å². The second-order valence-electron chi connectivity index (χ2n) is 6.26. The van der Waals surface area contributed by atoms with Crippen LogP contribution in [0, 0.1) is 5.92 Å². The third kappa shape index (κ3) is 3.51. The highest BCUT2D eigenvalue weighted by Gasteiger charge is 2.34. The highest BCUT2D eigenvalue weighted by molar-refractivity contribution is 7.08. The minimum Gasteiger partial charge on any atom is -0.497 e. The second-order valence-corrected chi connectivity index (χ2v) is 7.04. The molecule has 1 saturated carbocycles. The molecule has 1 heterocycles. The van der Waals surface area contributed by atoms with E-state index in [1.165, 1.54) is 18.4 Å². The van der Waals surface area contributed by atoms with Crippen LogP contribution in [0.15, 0.2) is 41.1 Å². The fraction of sp³-hybridized carbons (Fsp3) is 0.444. The van der Waals surface area contributed by atoms with E-state index in [1.54, 1.807) is 18.4 Å². The van der Waals surface area contributed by atoms with Crippen molar-refractivity contribution in [1.29, 1.82) is 0 Å². The van der Waals surface area contributed by atoms with E-state index in [0.29, 0.717) is 18.5 Å². The lowest BCUT2D eigenvalue weighted by atomic mass is 9.96. The highest BCUT2D eigenvalue weighted by atomic mass is 32.1. The molecule has 1 aliphatic carbocycles. The number of thiophene rings is 1. The molecule has 1 aromatic heterocycles. The number of rotatable bonds is 7. The summed E-state index contributed by atoms with van der Waals surface area (Å²) in [5, 5.41) is 18.3. The van der Waals surface area contributed by atoms with Gasteiger partial charge in [-0.2, -0.15) is 11.3 Å². The molecular weight excluding hydrogens is 294 g/mol. The quantitative estimate of drug-likeness (QED) is 0.818. The van der Waals surface area contributed by atoms with Crippen molar-refractivity contribution < 1.29 is 9.84 Å². The fourth-order valence-electron chi connectivity index (χ4n) is 2.78. The zero-order valence-corrected chi connectivity index (χ0v) is 13.9. The molecule has 0 bridgehead atoms. The lowest BCUT2D eigenvalue weighted by Crippen LogP contribution is -2.37. The van der Waals surface area contributed by atoms with Crippen LogP contribution in [0.1, 0.15) is 36.9 Å². The van der Waals surface area contributed by atoms with Gasteiger partial charge in [0, 0.05) is 12.6 Å². The molecule has 1 fully saturated rings. The number of hydrogen-bond acceptors (Lipinski definition) is 4. The lowest BCUT2D eigenvalue weighted by molar-refractivity contribution is 0.0533. The van der Waals surface area contributed by atoms with E-state index in [4.69, 9.17) is 4.74 Å². The lowest BCUT2D eigenvalue weighted by Gasteiger charge is -2.27. The molecular formula is C18H23NO2S. The zero-order valence-electron chi connectivity index (χ0n) is 13.1. The molecule has 118 valence electrons. The number of aliphatic hydroxyl groups is 1. The molecule has 2 unspecified atom stereocenters. The molecule has 3 rings (SSSR count). The van der Waals surface area contributed by atoms with E-state index < -0.39 is 5.60 Å². The van der Waals surface area contributed by atoms with Gasteiger partial charge < -0.3 is 15.2 Å². The predicted molar refractivity (Wildman–Crippen MR) is 90.4 cm³/mol. The monoisotopic (exact) mass is 317 g/mol.